The van der Waals surface area contributed by atoms with Gasteiger partial charge in [0.2, 0.25) is 0 Å². The lowest BCUT2D eigenvalue weighted by molar-refractivity contribution is 1.15. The summed E-state index contributed by atoms with van der Waals surface area (Å²) in [5, 5.41) is 10.0. The standard InChI is InChI=1S/C46H32N2/c1-2-30-20-21-32-26-33(23-22-31(32)25-30)45-40-11-3-5-13-42(40)46(43-14-6-4-12-41(43)45)39-18-10-16-37-36(15-9-17-38(37)39)34-27-35(29-47-28-34)44-19-7-8-24-48-44/h3-29H,2H2,1H3. The number of rotatable bonds is 5. The largest absolute Gasteiger partial charge is 0.263 e. The normalized spacial score (nSPS) is 11.5. The molecule has 0 atom stereocenters. The average Bonchev–Trinajstić information content (AvgIpc) is 3.16. The highest BCUT2D eigenvalue weighted by Gasteiger charge is 2.19. The summed E-state index contributed by atoms with van der Waals surface area (Å²) in [4.78, 5) is 9.20. The molecule has 9 aromatic rings. The van der Waals surface area contributed by atoms with Gasteiger partial charge < -0.3 is 0 Å². The monoisotopic (exact) mass is 612 g/mol. The fourth-order valence-corrected chi connectivity index (χ4v) is 7.44. The molecule has 0 N–H and O–H groups in total. The van der Waals surface area contributed by atoms with Crippen molar-refractivity contribution in [2.75, 3.05) is 0 Å². The van der Waals surface area contributed by atoms with E-state index in [0.29, 0.717) is 0 Å². The molecule has 0 saturated heterocycles. The Morgan fingerprint density at radius 1 is 0.438 bits per heavy atom. The maximum Gasteiger partial charge on any atom is 0.0717 e. The molecule has 0 aliphatic carbocycles. The van der Waals surface area contributed by atoms with Crippen LogP contribution in [0.5, 0.6) is 0 Å². The van der Waals surface area contributed by atoms with Crippen molar-refractivity contribution in [3.8, 4) is 44.6 Å². The van der Waals surface area contributed by atoms with Crippen LogP contribution in [0.4, 0.5) is 0 Å². The fourth-order valence-electron chi connectivity index (χ4n) is 7.44. The van der Waals surface area contributed by atoms with E-state index in [-0.39, 0.29) is 0 Å². The summed E-state index contributed by atoms with van der Waals surface area (Å²) in [7, 11) is 0. The number of aryl methyl sites for hydroxylation is 1. The highest BCUT2D eigenvalue weighted by Crippen LogP contribution is 2.46. The Morgan fingerprint density at radius 2 is 1.04 bits per heavy atom. The SMILES string of the molecule is CCc1ccc2cc(-c3c4ccccc4c(-c4cccc5c(-c6cncc(-c7ccccn7)c6)cccc45)c4ccccc34)ccc2c1. The van der Waals surface area contributed by atoms with Crippen molar-refractivity contribution in [1.29, 1.82) is 0 Å². The van der Waals surface area contributed by atoms with Crippen molar-refractivity contribution in [1.82, 2.24) is 9.97 Å². The van der Waals surface area contributed by atoms with Crippen molar-refractivity contribution in [2.45, 2.75) is 13.3 Å². The van der Waals surface area contributed by atoms with Crippen molar-refractivity contribution < 1.29 is 0 Å². The van der Waals surface area contributed by atoms with Gasteiger partial charge in [-0.3, -0.25) is 9.97 Å². The lowest BCUT2D eigenvalue weighted by Gasteiger charge is -2.19. The van der Waals surface area contributed by atoms with E-state index in [1.165, 1.54) is 70.9 Å². The van der Waals surface area contributed by atoms with Crippen molar-refractivity contribution >= 4 is 43.1 Å². The molecule has 0 amide bonds. The number of aromatic nitrogens is 2. The summed E-state index contributed by atoms with van der Waals surface area (Å²) >= 11 is 0. The maximum absolute atomic E-state index is 4.63. The van der Waals surface area contributed by atoms with Gasteiger partial charge in [0.05, 0.1) is 5.69 Å². The van der Waals surface area contributed by atoms with Gasteiger partial charge in [-0.2, -0.15) is 0 Å². The summed E-state index contributed by atoms with van der Waals surface area (Å²) in [6.45, 7) is 2.21. The molecular weight excluding hydrogens is 581 g/mol. The van der Waals surface area contributed by atoms with Crippen LogP contribution < -0.4 is 0 Å². The summed E-state index contributed by atoms with van der Waals surface area (Å²) in [6, 6.07) is 53.1. The molecule has 0 saturated carbocycles. The quantitative estimate of drug-likeness (QED) is 0.181. The molecule has 0 radical (unpaired) electrons. The minimum atomic E-state index is 0.919. The second kappa shape index (κ2) is 11.6. The summed E-state index contributed by atoms with van der Waals surface area (Å²) in [6.07, 6.45) is 6.72. The molecule has 0 aliphatic heterocycles. The van der Waals surface area contributed by atoms with Crippen molar-refractivity contribution in [3.63, 3.8) is 0 Å². The van der Waals surface area contributed by atoms with E-state index in [1.807, 2.05) is 36.8 Å². The number of benzene rings is 7. The molecule has 0 fully saturated rings. The summed E-state index contributed by atoms with van der Waals surface area (Å²) in [5.41, 5.74) is 10.5. The molecule has 0 unspecified atom stereocenters. The fraction of sp³-hybridized carbons (Fsp3) is 0.0435. The molecule has 2 heteroatoms. The van der Waals surface area contributed by atoms with Crippen LogP contribution >= 0.6 is 0 Å². The molecule has 0 bridgehead atoms. The van der Waals surface area contributed by atoms with Gasteiger partial charge in [-0.1, -0.05) is 128 Å². The van der Waals surface area contributed by atoms with E-state index < -0.39 is 0 Å². The van der Waals surface area contributed by atoms with Crippen LogP contribution in [0, 0.1) is 0 Å². The number of hydrogen-bond acceptors (Lipinski definition) is 2. The van der Waals surface area contributed by atoms with E-state index in [9.17, 15) is 0 Å². The summed E-state index contributed by atoms with van der Waals surface area (Å²) < 4.78 is 0. The molecule has 2 heterocycles. The Bertz CT molecular complexity index is 2600. The number of hydrogen-bond donors (Lipinski definition) is 0. The Labute approximate surface area is 280 Å². The zero-order valence-corrected chi connectivity index (χ0v) is 26.7. The predicted molar refractivity (Wildman–Crippen MR) is 203 cm³/mol. The molecule has 2 nitrogen and oxygen atoms in total. The van der Waals surface area contributed by atoms with Gasteiger partial charge in [0.15, 0.2) is 0 Å². The van der Waals surface area contributed by atoms with Gasteiger partial charge in [-0.05, 0) is 107 Å². The zero-order valence-electron chi connectivity index (χ0n) is 26.7. The van der Waals surface area contributed by atoms with E-state index in [0.717, 1.165) is 28.8 Å². The first-order valence-electron chi connectivity index (χ1n) is 16.6. The molecule has 0 spiro atoms. The Kier molecular flexibility index (Phi) is 6.80. The van der Waals surface area contributed by atoms with Gasteiger partial charge in [0.1, 0.15) is 0 Å². The molecule has 9 rings (SSSR count). The highest BCUT2D eigenvalue weighted by atomic mass is 14.7. The Morgan fingerprint density at radius 3 is 1.75 bits per heavy atom. The smallest absolute Gasteiger partial charge is 0.0717 e. The van der Waals surface area contributed by atoms with Crippen LogP contribution in [0.3, 0.4) is 0 Å². The summed E-state index contributed by atoms with van der Waals surface area (Å²) in [5.74, 6) is 0. The second-order valence-electron chi connectivity index (χ2n) is 12.5. The average molecular weight is 613 g/mol. The molecule has 0 aliphatic rings. The van der Waals surface area contributed by atoms with Gasteiger partial charge in [-0.25, -0.2) is 0 Å². The second-order valence-corrected chi connectivity index (χ2v) is 12.5. The molecule has 226 valence electrons. The van der Waals surface area contributed by atoms with Crippen LogP contribution in [0.2, 0.25) is 0 Å². The van der Waals surface area contributed by atoms with Gasteiger partial charge >= 0.3 is 0 Å². The third-order valence-corrected chi connectivity index (χ3v) is 9.73. The minimum absolute atomic E-state index is 0.919. The highest BCUT2D eigenvalue weighted by molar-refractivity contribution is 6.24. The van der Waals surface area contributed by atoms with E-state index in [4.69, 9.17) is 0 Å². The molecular formula is C46H32N2. The molecule has 2 aromatic heterocycles. The number of nitrogens with zero attached hydrogens (tertiary/aromatic N) is 2. The van der Waals surface area contributed by atoms with Crippen LogP contribution in [0.15, 0.2) is 164 Å². The first-order valence-corrected chi connectivity index (χ1v) is 16.6. The minimum Gasteiger partial charge on any atom is -0.263 e. The van der Waals surface area contributed by atoms with E-state index >= 15 is 0 Å². The molecule has 48 heavy (non-hydrogen) atoms. The number of fused-ring (bicyclic) bond motifs is 4. The number of pyridine rings is 2. The third kappa shape index (κ3) is 4.65. The molecule has 7 aromatic carbocycles. The van der Waals surface area contributed by atoms with Crippen molar-refractivity contribution in [3.05, 3.63) is 170 Å². The van der Waals surface area contributed by atoms with Crippen LogP contribution in [0.1, 0.15) is 12.5 Å². The van der Waals surface area contributed by atoms with Crippen molar-refractivity contribution in [2.24, 2.45) is 0 Å². The lowest BCUT2D eigenvalue weighted by atomic mass is 9.84. The van der Waals surface area contributed by atoms with E-state index in [1.54, 1.807) is 0 Å². The maximum atomic E-state index is 4.63. The van der Waals surface area contributed by atoms with E-state index in [2.05, 4.69) is 144 Å². The van der Waals surface area contributed by atoms with Crippen LogP contribution in [-0.4, -0.2) is 9.97 Å². The lowest BCUT2D eigenvalue weighted by Crippen LogP contribution is -1.92. The van der Waals surface area contributed by atoms with Gasteiger partial charge in [0.25, 0.3) is 0 Å². The predicted octanol–water partition coefficient (Wildman–Crippen LogP) is 12.3. The Balaban J connectivity index is 1.28. The topological polar surface area (TPSA) is 25.8 Å². The van der Waals surface area contributed by atoms with Crippen LogP contribution in [0.25, 0.3) is 87.7 Å². The first-order chi connectivity index (χ1) is 23.8. The van der Waals surface area contributed by atoms with Gasteiger partial charge in [-0.15, -0.1) is 0 Å². The van der Waals surface area contributed by atoms with Crippen LogP contribution in [-0.2, 0) is 6.42 Å². The Hall–Kier alpha value is -6.12. The third-order valence-electron chi connectivity index (χ3n) is 9.73. The first kappa shape index (κ1) is 28.1. The van der Waals surface area contributed by atoms with Gasteiger partial charge in [0, 0.05) is 29.7 Å². The zero-order chi connectivity index (χ0) is 32.0.